The molecule has 0 spiro atoms. The molecule has 1 aromatic rings. The topological polar surface area (TPSA) is 63.7 Å². The molecule has 0 aromatic carbocycles. The lowest BCUT2D eigenvalue weighted by atomic mass is 10.0. The molecule has 0 saturated carbocycles. The zero-order valence-corrected chi connectivity index (χ0v) is 12.6. The molecule has 0 N–H and O–H groups in total. The lowest BCUT2D eigenvalue weighted by Crippen LogP contribution is -2.46. The van der Waals surface area contributed by atoms with Crippen molar-refractivity contribution in [1.82, 2.24) is 4.31 Å². The van der Waals surface area contributed by atoms with E-state index in [1.54, 1.807) is 11.4 Å². The molecule has 7 heteroatoms. The number of hydrogen-bond donors (Lipinski definition) is 0. The molecule has 2 heterocycles. The smallest absolute Gasteiger partial charge is 0.256 e. The average molecular weight is 303 g/mol. The molecule has 0 aliphatic carbocycles. The van der Waals surface area contributed by atoms with E-state index in [1.165, 1.54) is 18.3 Å². The summed E-state index contributed by atoms with van der Waals surface area (Å²) in [6.45, 7) is 1.85. The number of carbonyl (C=O) groups is 1. The van der Waals surface area contributed by atoms with Crippen molar-refractivity contribution in [3.8, 4) is 5.75 Å². The first-order chi connectivity index (χ1) is 8.98. The SMILES string of the molecule is COc1ccsc1S(=O)(=O)N1CCCCC1C(C)=O. The van der Waals surface area contributed by atoms with E-state index in [9.17, 15) is 13.2 Å². The molecule has 1 unspecified atom stereocenters. The Labute approximate surface area is 117 Å². The highest BCUT2D eigenvalue weighted by Crippen LogP contribution is 2.34. The summed E-state index contributed by atoms with van der Waals surface area (Å²) in [7, 11) is -2.21. The number of ether oxygens (including phenoxy) is 1. The van der Waals surface area contributed by atoms with Gasteiger partial charge in [0.1, 0.15) is 11.5 Å². The lowest BCUT2D eigenvalue weighted by molar-refractivity contribution is -0.121. The van der Waals surface area contributed by atoms with Gasteiger partial charge >= 0.3 is 0 Å². The number of piperidine rings is 1. The Kier molecular flexibility index (Phi) is 4.27. The Morgan fingerprint density at radius 2 is 2.21 bits per heavy atom. The highest BCUT2D eigenvalue weighted by molar-refractivity contribution is 7.91. The van der Waals surface area contributed by atoms with Gasteiger partial charge in [0.2, 0.25) is 0 Å². The second-order valence-electron chi connectivity index (χ2n) is 4.51. The number of methoxy groups -OCH3 is 1. The zero-order chi connectivity index (χ0) is 14.0. The monoisotopic (exact) mass is 303 g/mol. The summed E-state index contributed by atoms with van der Waals surface area (Å²) in [4.78, 5) is 11.6. The number of hydrogen-bond acceptors (Lipinski definition) is 5. The average Bonchev–Trinajstić information content (AvgIpc) is 2.87. The van der Waals surface area contributed by atoms with Gasteiger partial charge in [0.25, 0.3) is 10.0 Å². The summed E-state index contributed by atoms with van der Waals surface area (Å²) in [6, 6.07) is 1.09. The van der Waals surface area contributed by atoms with Crippen LogP contribution in [0, 0.1) is 0 Å². The lowest BCUT2D eigenvalue weighted by Gasteiger charge is -2.32. The Morgan fingerprint density at radius 1 is 1.47 bits per heavy atom. The van der Waals surface area contributed by atoms with Crippen molar-refractivity contribution in [2.45, 2.75) is 36.4 Å². The van der Waals surface area contributed by atoms with Gasteiger partial charge in [-0.15, -0.1) is 11.3 Å². The summed E-state index contributed by atoms with van der Waals surface area (Å²) in [5.41, 5.74) is 0. The number of ketones is 1. The van der Waals surface area contributed by atoms with E-state index in [2.05, 4.69) is 0 Å². The molecular formula is C12H17NO4S2. The summed E-state index contributed by atoms with van der Waals surface area (Å²) in [6.07, 6.45) is 2.27. The predicted octanol–water partition coefficient (Wildman–Crippen LogP) is 1.89. The molecule has 1 atom stereocenters. The number of carbonyl (C=O) groups excluding carboxylic acids is 1. The minimum atomic E-state index is -3.65. The largest absolute Gasteiger partial charge is 0.494 e. The van der Waals surface area contributed by atoms with Crippen LogP contribution in [-0.4, -0.2) is 38.2 Å². The van der Waals surface area contributed by atoms with Crippen LogP contribution in [0.4, 0.5) is 0 Å². The first kappa shape index (κ1) is 14.5. The zero-order valence-electron chi connectivity index (χ0n) is 11.0. The summed E-state index contributed by atoms with van der Waals surface area (Å²) >= 11 is 1.12. The van der Waals surface area contributed by atoms with Gasteiger partial charge in [-0.2, -0.15) is 4.31 Å². The molecule has 1 fully saturated rings. The second-order valence-corrected chi connectivity index (χ2v) is 7.52. The Hall–Kier alpha value is -0.920. The fourth-order valence-electron chi connectivity index (χ4n) is 2.33. The first-order valence-electron chi connectivity index (χ1n) is 6.12. The predicted molar refractivity (Wildman–Crippen MR) is 73.1 cm³/mol. The van der Waals surface area contributed by atoms with E-state index < -0.39 is 16.1 Å². The molecule has 1 aliphatic rings. The van der Waals surface area contributed by atoms with Gasteiger partial charge in [-0.1, -0.05) is 6.42 Å². The van der Waals surface area contributed by atoms with Crippen LogP contribution in [0.15, 0.2) is 15.7 Å². The summed E-state index contributed by atoms with van der Waals surface area (Å²) in [5, 5.41) is 1.68. The van der Waals surface area contributed by atoms with Crippen molar-refractivity contribution >= 4 is 27.1 Å². The van der Waals surface area contributed by atoms with E-state index in [0.29, 0.717) is 18.7 Å². The minimum Gasteiger partial charge on any atom is -0.494 e. The van der Waals surface area contributed by atoms with Crippen LogP contribution >= 0.6 is 11.3 Å². The maximum absolute atomic E-state index is 12.6. The maximum Gasteiger partial charge on any atom is 0.256 e. The summed E-state index contributed by atoms with van der Waals surface area (Å²) < 4.78 is 31.9. The van der Waals surface area contributed by atoms with Crippen LogP contribution in [-0.2, 0) is 14.8 Å². The molecule has 19 heavy (non-hydrogen) atoms. The van der Waals surface area contributed by atoms with E-state index in [-0.39, 0.29) is 9.99 Å². The van der Waals surface area contributed by atoms with Gasteiger partial charge in [0.05, 0.1) is 13.2 Å². The van der Waals surface area contributed by atoms with Gasteiger partial charge in [-0.3, -0.25) is 4.79 Å². The van der Waals surface area contributed by atoms with Gasteiger partial charge in [-0.25, -0.2) is 8.42 Å². The van der Waals surface area contributed by atoms with Crippen LogP contribution in [0.5, 0.6) is 5.75 Å². The third-order valence-electron chi connectivity index (χ3n) is 3.28. The number of rotatable bonds is 4. The van der Waals surface area contributed by atoms with Crippen LogP contribution in [0.2, 0.25) is 0 Å². The maximum atomic E-state index is 12.6. The molecule has 0 bridgehead atoms. The van der Waals surface area contributed by atoms with E-state index >= 15 is 0 Å². The van der Waals surface area contributed by atoms with Crippen LogP contribution < -0.4 is 4.74 Å². The van der Waals surface area contributed by atoms with E-state index in [0.717, 1.165) is 24.2 Å². The van der Waals surface area contributed by atoms with Gasteiger partial charge in [-0.05, 0) is 31.2 Å². The van der Waals surface area contributed by atoms with Gasteiger partial charge < -0.3 is 4.74 Å². The molecule has 1 aromatic heterocycles. The molecule has 106 valence electrons. The number of Topliss-reactive ketones (excluding diaryl/α,β-unsaturated/α-hetero) is 1. The second kappa shape index (κ2) is 5.60. The molecule has 5 nitrogen and oxygen atoms in total. The van der Waals surface area contributed by atoms with E-state index in [1.807, 2.05) is 0 Å². The number of sulfonamides is 1. The fraction of sp³-hybridized carbons (Fsp3) is 0.583. The quantitative estimate of drug-likeness (QED) is 0.852. The third kappa shape index (κ3) is 2.68. The first-order valence-corrected chi connectivity index (χ1v) is 8.44. The highest BCUT2D eigenvalue weighted by Gasteiger charge is 2.37. The summed E-state index contributed by atoms with van der Waals surface area (Å²) in [5.74, 6) is 0.247. The highest BCUT2D eigenvalue weighted by atomic mass is 32.2. The number of nitrogens with zero attached hydrogens (tertiary/aromatic N) is 1. The molecule has 0 amide bonds. The molecule has 2 rings (SSSR count). The standard InChI is InChI=1S/C12H17NO4S2/c1-9(14)10-5-3-4-7-13(10)19(15,16)12-11(17-2)6-8-18-12/h6,8,10H,3-5,7H2,1-2H3. The van der Waals surface area contributed by atoms with Crippen LogP contribution in [0.1, 0.15) is 26.2 Å². The Balaban J connectivity index is 2.40. The Bertz CT molecular complexity index is 564. The molecule has 1 saturated heterocycles. The van der Waals surface area contributed by atoms with Gasteiger partial charge in [0.15, 0.2) is 4.21 Å². The van der Waals surface area contributed by atoms with E-state index in [4.69, 9.17) is 4.74 Å². The minimum absolute atomic E-state index is 0.0983. The van der Waals surface area contributed by atoms with Crippen molar-refractivity contribution in [2.75, 3.05) is 13.7 Å². The fourth-order valence-corrected chi connectivity index (χ4v) is 5.43. The molecular weight excluding hydrogens is 286 g/mol. The van der Waals surface area contributed by atoms with Crippen molar-refractivity contribution in [2.24, 2.45) is 0 Å². The normalized spacial score (nSPS) is 21.3. The molecule has 0 radical (unpaired) electrons. The third-order valence-corrected chi connectivity index (χ3v) is 6.61. The van der Waals surface area contributed by atoms with Crippen molar-refractivity contribution in [3.05, 3.63) is 11.4 Å². The van der Waals surface area contributed by atoms with Crippen molar-refractivity contribution in [1.29, 1.82) is 0 Å². The Morgan fingerprint density at radius 3 is 2.84 bits per heavy atom. The van der Waals surface area contributed by atoms with Crippen molar-refractivity contribution in [3.63, 3.8) is 0 Å². The van der Waals surface area contributed by atoms with Crippen molar-refractivity contribution < 1.29 is 17.9 Å². The van der Waals surface area contributed by atoms with Crippen LogP contribution in [0.25, 0.3) is 0 Å². The molecule has 1 aliphatic heterocycles. The van der Waals surface area contributed by atoms with Crippen LogP contribution in [0.3, 0.4) is 0 Å². The van der Waals surface area contributed by atoms with Gasteiger partial charge in [0, 0.05) is 6.54 Å². The number of thiophene rings is 1.